The Kier molecular flexibility index (Phi) is 5.48. The Morgan fingerprint density at radius 1 is 1.19 bits per heavy atom. The van der Waals surface area contributed by atoms with Crippen LogP contribution in [0.15, 0.2) is 77.7 Å². The van der Waals surface area contributed by atoms with Gasteiger partial charge in [-0.1, -0.05) is 30.3 Å². The first-order valence-corrected chi connectivity index (χ1v) is 10.3. The van der Waals surface area contributed by atoms with E-state index >= 15 is 0 Å². The van der Waals surface area contributed by atoms with E-state index in [0.29, 0.717) is 12.2 Å². The highest BCUT2D eigenvalue weighted by Crippen LogP contribution is 2.30. The first-order chi connectivity index (χ1) is 15.0. The molecule has 1 aliphatic heterocycles. The minimum Gasteiger partial charge on any atom is -0.490 e. The molecule has 3 aromatic rings. The van der Waals surface area contributed by atoms with Crippen LogP contribution in [0.2, 0.25) is 0 Å². The number of aromatic nitrogens is 1. The van der Waals surface area contributed by atoms with Gasteiger partial charge in [0.1, 0.15) is 5.76 Å². The number of nitriles is 1. The zero-order chi connectivity index (χ0) is 22.0. The average molecular weight is 406 g/mol. The zero-order valence-electron chi connectivity index (χ0n) is 17.9. The number of rotatable bonds is 3. The number of nitrogens with zero attached hydrogens (tertiary/aromatic N) is 3. The van der Waals surface area contributed by atoms with Gasteiger partial charge in [0.2, 0.25) is 0 Å². The number of aryl methyl sites for hydroxylation is 1. The summed E-state index contributed by atoms with van der Waals surface area (Å²) >= 11 is 0. The Morgan fingerprint density at radius 2 is 1.97 bits per heavy atom. The van der Waals surface area contributed by atoms with Gasteiger partial charge in [-0.3, -0.25) is 0 Å². The molecule has 0 bridgehead atoms. The fraction of sp³-hybridized carbons (Fsp3) is 0.185. The molecule has 1 aliphatic rings. The third-order valence-corrected chi connectivity index (χ3v) is 5.68. The summed E-state index contributed by atoms with van der Waals surface area (Å²) in [4.78, 5) is 3.34. The molecule has 1 atom stereocenters. The van der Waals surface area contributed by atoms with Crippen molar-refractivity contribution < 1.29 is 4.74 Å². The quantitative estimate of drug-likeness (QED) is 0.362. The average Bonchev–Trinajstić information content (AvgIpc) is 3.03. The van der Waals surface area contributed by atoms with Crippen LogP contribution in [0.4, 0.5) is 0 Å². The van der Waals surface area contributed by atoms with Gasteiger partial charge < -0.3 is 9.30 Å². The minimum absolute atomic E-state index is 0.0722. The molecule has 1 aromatic heterocycles. The van der Waals surface area contributed by atoms with E-state index in [0.717, 1.165) is 16.8 Å². The Bertz CT molecular complexity index is 1310. The standard InChI is InChI=1S/C27H23N3O/c1-18-14-22(26(17-28)29-4)16-24(31-18)12-10-21-11-13-27-25(15-21)19(2)20(3)30(27)23-8-6-5-7-9-23/h5-13,15-16,18H,14H2,1-3H3. The van der Waals surface area contributed by atoms with Gasteiger partial charge in [-0.05, 0) is 73.9 Å². The van der Waals surface area contributed by atoms with Gasteiger partial charge in [0.05, 0.1) is 24.3 Å². The van der Waals surface area contributed by atoms with Crippen molar-refractivity contribution in [3.63, 3.8) is 0 Å². The van der Waals surface area contributed by atoms with Crippen LogP contribution in [0.25, 0.3) is 27.5 Å². The van der Waals surface area contributed by atoms with Gasteiger partial charge in [0.15, 0.2) is 0 Å². The van der Waals surface area contributed by atoms with E-state index in [1.165, 1.54) is 22.2 Å². The summed E-state index contributed by atoms with van der Waals surface area (Å²) in [6.07, 6.45) is 6.22. The molecule has 0 fully saturated rings. The Morgan fingerprint density at radius 3 is 2.68 bits per heavy atom. The van der Waals surface area contributed by atoms with Gasteiger partial charge in [0.25, 0.3) is 5.70 Å². The summed E-state index contributed by atoms with van der Waals surface area (Å²) in [5, 5.41) is 10.4. The van der Waals surface area contributed by atoms with Crippen molar-refractivity contribution in [1.82, 2.24) is 4.57 Å². The van der Waals surface area contributed by atoms with Crippen molar-refractivity contribution in [3.8, 4) is 11.8 Å². The summed E-state index contributed by atoms with van der Waals surface area (Å²) < 4.78 is 8.18. The Balaban J connectivity index is 1.71. The number of fused-ring (bicyclic) bond motifs is 1. The summed E-state index contributed by atoms with van der Waals surface area (Å²) in [5.41, 5.74) is 6.77. The summed E-state index contributed by atoms with van der Waals surface area (Å²) in [6, 6.07) is 18.8. The van der Waals surface area contributed by atoms with Crippen molar-refractivity contribution in [2.24, 2.45) is 0 Å². The molecule has 0 spiro atoms. The van der Waals surface area contributed by atoms with Crippen molar-refractivity contribution in [1.29, 1.82) is 5.26 Å². The van der Waals surface area contributed by atoms with E-state index in [9.17, 15) is 5.26 Å². The molecule has 0 N–H and O–H groups in total. The molecule has 0 saturated heterocycles. The van der Waals surface area contributed by atoms with E-state index in [2.05, 4.69) is 65.7 Å². The molecule has 0 radical (unpaired) electrons. The van der Waals surface area contributed by atoms with Gasteiger partial charge in [-0.2, -0.15) is 0 Å². The Hall–Kier alpha value is -4.02. The summed E-state index contributed by atoms with van der Waals surface area (Å²) in [5.74, 6) is 0.667. The molecule has 31 heavy (non-hydrogen) atoms. The van der Waals surface area contributed by atoms with Crippen LogP contribution in [0, 0.1) is 31.8 Å². The maximum atomic E-state index is 9.18. The number of ether oxygens (including phenoxy) is 1. The minimum atomic E-state index is -0.0722. The Labute approximate surface area is 182 Å². The topological polar surface area (TPSA) is 42.3 Å². The second kappa shape index (κ2) is 8.38. The fourth-order valence-electron chi connectivity index (χ4n) is 4.05. The van der Waals surface area contributed by atoms with Crippen LogP contribution in [-0.2, 0) is 4.74 Å². The molecule has 0 aliphatic carbocycles. The highest BCUT2D eigenvalue weighted by Gasteiger charge is 2.17. The number of hydrogen-bond acceptors (Lipinski definition) is 2. The number of para-hydroxylation sites is 1. The molecule has 2 aromatic carbocycles. The first kappa shape index (κ1) is 20.3. The van der Waals surface area contributed by atoms with Crippen molar-refractivity contribution in [2.75, 3.05) is 0 Å². The van der Waals surface area contributed by atoms with Crippen molar-refractivity contribution >= 4 is 17.0 Å². The van der Waals surface area contributed by atoms with Gasteiger partial charge >= 0.3 is 0 Å². The third kappa shape index (κ3) is 3.89. The molecule has 4 heteroatoms. The molecule has 1 unspecified atom stereocenters. The van der Waals surface area contributed by atoms with E-state index in [4.69, 9.17) is 11.3 Å². The van der Waals surface area contributed by atoms with Crippen LogP contribution in [0.3, 0.4) is 0 Å². The highest BCUT2D eigenvalue weighted by atomic mass is 16.5. The van der Waals surface area contributed by atoms with Crippen molar-refractivity contribution in [2.45, 2.75) is 33.3 Å². The number of benzene rings is 2. The van der Waals surface area contributed by atoms with Gasteiger partial charge in [0, 0.05) is 23.2 Å². The molecular formula is C27H23N3O. The highest BCUT2D eigenvalue weighted by molar-refractivity contribution is 5.89. The normalized spacial score (nSPS) is 17.7. The number of hydrogen-bond donors (Lipinski definition) is 0. The predicted octanol–water partition coefficient (Wildman–Crippen LogP) is 6.65. The lowest BCUT2D eigenvalue weighted by Gasteiger charge is -2.22. The van der Waals surface area contributed by atoms with Crippen LogP contribution >= 0.6 is 0 Å². The van der Waals surface area contributed by atoms with E-state index in [-0.39, 0.29) is 11.8 Å². The lowest BCUT2D eigenvalue weighted by atomic mass is 10.0. The lowest BCUT2D eigenvalue weighted by Crippen LogP contribution is -2.13. The van der Waals surface area contributed by atoms with E-state index < -0.39 is 0 Å². The van der Waals surface area contributed by atoms with E-state index in [1.54, 1.807) is 6.08 Å². The smallest absolute Gasteiger partial charge is 0.265 e. The largest absolute Gasteiger partial charge is 0.490 e. The molecule has 152 valence electrons. The summed E-state index contributed by atoms with van der Waals surface area (Å²) in [7, 11) is 0. The zero-order valence-corrected chi connectivity index (χ0v) is 17.9. The lowest BCUT2D eigenvalue weighted by molar-refractivity contribution is 0.133. The predicted molar refractivity (Wildman–Crippen MR) is 124 cm³/mol. The maximum Gasteiger partial charge on any atom is 0.265 e. The van der Waals surface area contributed by atoms with Crippen LogP contribution in [-0.4, -0.2) is 10.7 Å². The van der Waals surface area contributed by atoms with Crippen LogP contribution in [0.1, 0.15) is 30.2 Å². The maximum absolute atomic E-state index is 9.18. The van der Waals surface area contributed by atoms with E-state index in [1.807, 2.05) is 31.2 Å². The van der Waals surface area contributed by atoms with Crippen LogP contribution < -0.4 is 0 Å². The van der Waals surface area contributed by atoms with Gasteiger partial charge in [-0.25, -0.2) is 10.1 Å². The van der Waals surface area contributed by atoms with Gasteiger partial charge in [-0.15, -0.1) is 0 Å². The third-order valence-electron chi connectivity index (χ3n) is 5.68. The number of allylic oxidation sites excluding steroid dienone is 3. The SMILES string of the molecule is [C-]#[N+]C(C#N)=C1C=C(C=Cc2ccc3c(c2)c(C)c(C)n3-c2ccccc2)OC(C)C1. The molecule has 0 saturated carbocycles. The molecular weight excluding hydrogens is 382 g/mol. The molecule has 4 nitrogen and oxygen atoms in total. The van der Waals surface area contributed by atoms with Crippen molar-refractivity contribution in [3.05, 3.63) is 106 Å². The molecule has 4 rings (SSSR count). The molecule has 0 amide bonds. The second-order valence-electron chi connectivity index (χ2n) is 7.77. The molecule has 2 heterocycles. The first-order valence-electron chi connectivity index (χ1n) is 10.3. The fourth-order valence-corrected chi connectivity index (χ4v) is 4.05. The second-order valence-corrected chi connectivity index (χ2v) is 7.77. The van der Waals surface area contributed by atoms with Crippen LogP contribution in [0.5, 0.6) is 0 Å². The monoisotopic (exact) mass is 405 g/mol. The summed E-state index contributed by atoms with van der Waals surface area (Å²) in [6.45, 7) is 13.5.